The molecule has 5 heteroatoms. The highest BCUT2D eigenvalue weighted by Crippen LogP contribution is 2.32. The van der Waals surface area contributed by atoms with Gasteiger partial charge in [-0.1, -0.05) is 18.5 Å². The molecule has 1 aliphatic carbocycles. The number of nitrogens with one attached hydrogen (secondary N) is 1. The third kappa shape index (κ3) is 2.21. The Kier molecular flexibility index (Phi) is 2.52. The summed E-state index contributed by atoms with van der Waals surface area (Å²) < 4.78 is 0. The summed E-state index contributed by atoms with van der Waals surface area (Å²) in [5.41, 5.74) is 0.0856. The van der Waals surface area contributed by atoms with Crippen LogP contribution in [0.5, 0.6) is 0 Å². The van der Waals surface area contributed by atoms with Gasteiger partial charge in [0, 0.05) is 12.2 Å². The number of halogens is 1. The molecule has 0 amide bonds. The summed E-state index contributed by atoms with van der Waals surface area (Å²) in [5, 5.41) is 12.2. The van der Waals surface area contributed by atoms with Gasteiger partial charge in [-0.05, 0) is 18.4 Å². The Hall–Kier alpha value is -1.29. The molecule has 1 saturated carbocycles. The van der Waals surface area contributed by atoms with Crippen molar-refractivity contribution in [3.63, 3.8) is 0 Å². The Balaban J connectivity index is 2.18. The van der Waals surface area contributed by atoms with Crippen LogP contribution in [0.25, 0.3) is 0 Å². The zero-order chi connectivity index (χ0) is 11.0. The van der Waals surface area contributed by atoms with Crippen molar-refractivity contribution in [2.75, 3.05) is 5.32 Å². The minimum atomic E-state index is -1.03. The van der Waals surface area contributed by atoms with E-state index in [1.54, 1.807) is 0 Å². The Morgan fingerprint density at radius 2 is 2.40 bits per heavy atom. The molecule has 0 radical (unpaired) electrons. The van der Waals surface area contributed by atoms with Gasteiger partial charge in [0.05, 0.1) is 10.6 Å². The summed E-state index contributed by atoms with van der Waals surface area (Å²) in [6.45, 7) is 2.13. The molecule has 0 bridgehead atoms. The lowest BCUT2D eigenvalue weighted by Crippen LogP contribution is -2.07. The van der Waals surface area contributed by atoms with Gasteiger partial charge in [0.15, 0.2) is 0 Å². The Morgan fingerprint density at radius 3 is 2.93 bits per heavy atom. The van der Waals surface area contributed by atoms with Crippen molar-refractivity contribution >= 4 is 23.4 Å². The van der Waals surface area contributed by atoms with E-state index in [1.807, 2.05) is 0 Å². The van der Waals surface area contributed by atoms with Gasteiger partial charge in [-0.3, -0.25) is 0 Å². The average Bonchev–Trinajstić information content (AvgIpc) is 2.85. The van der Waals surface area contributed by atoms with Crippen LogP contribution < -0.4 is 5.32 Å². The molecule has 0 aliphatic heterocycles. The number of hydrogen-bond donors (Lipinski definition) is 2. The topological polar surface area (TPSA) is 62.2 Å². The second-order valence-corrected chi connectivity index (χ2v) is 4.23. The maximum Gasteiger partial charge on any atom is 0.337 e. The lowest BCUT2D eigenvalue weighted by Gasteiger charge is -2.05. The van der Waals surface area contributed by atoms with Crippen molar-refractivity contribution in [3.8, 4) is 0 Å². The Labute approximate surface area is 92.3 Å². The lowest BCUT2D eigenvalue weighted by atomic mass is 10.2. The van der Waals surface area contributed by atoms with Gasteiger partial charge in [-0.25, -0.2) is 9.78 Å². The number of pyridine rings is 1. The van der Waals surface area contributed by atoms with Crippen molar-refractivity contribution in [2.24, 2.45) is 5.92 Å². The summed E-state index contributed by atoms with van der Waals surface area (Å²) >= 11 is 5.70. The number of nitrogens with zero attached hydrogens (tertiary/aromatic N) is 1. The van der Waals surface area contributed by atoms with Crippen LogP contribution in [-0.2, 0) is 0 Å². The van der Waals surface area contributed by atoms with E-state index in [9.17, 15) is 4.79 Å². The van der Waals surface area contributed by atoms with Crippen molar-refractivity contribution in [2.45, 2.75) is 19.4 Å². The summed E-state index contributed by atoms with van der Waals surface area (Å²) in [7, 11) is 0. The lowest BCUT2D eigenvalue weighted by molar-refractivity contribution is 0.0697. The quantitative estimate of drug-likeness (QED) is 0.830. The number of aromatic carboxylic acids is 1. The van der Waals surface area contributed by atoms with Gasteiger partial charge >= 0.3 is 5.97 Å². The number of carbonyl (C=O) groups is 1. The molecule has 2 unspecified atom stereocenters. The molecule has 2 atom stereocenters. The van der Waals surface area contributed by atoms with Gasteiger partial charge < -0.3 is 10.4 Å². The van der Waals surface area contributed by atoms with Crippen LogP contribution in [0.2, 0.25) is 5.02 Å². The van der Waals surface area contributed by atoms with Crippen LogP contribution in [0.15, 0.2) is 12.3 Å². The van der Waals surface area contributed by atoms with E-state index >= 15 is 0 Å². The predicted molar refractivity (Wildman–Crippen MR) is 57.4 cm³/mol. The van der Waals surface area contributed by atoms with Crippen molar-refractivity contribution in [1.82, 2.24) is 4.98 Å². The maximum atomic E-state index is 10.8. The first kappa shape index (κ1) is 10.2. The fourth-order valence-electron chi connectivity index (χ4n) is 1.39. The molecule has 0 spiro atoms. The van der Waals surface area contributed by atoms with E-state index in [-0.39, 0.29) is 10.6 Å². The van der Waals surface area contributed by atoms with Gasteiger partial charge in [0.1, 0.15) is 5.82 Å². The minimum Gasteiger partial charge on any atom is -0.478 e. The molecular formula is C10H11ClN2O2. The average molecular weight is 227 g/mol. The van der Waals surface area contributed by atoms with E-state index in [1.165, 1.54) is 12.3 Å². The molecular weight excluding hydrogens is 216 g/mol. The zero-order valence-electron chi connectivity index (χ0n) is 8.20. The fraction of sp³-hybridized carbons (Fsp3) is 0.400. The number of carboxylic acids is 1. The first-order valence-corrected chi connectivity index (χ1v) is 5.11. The summed E-state index contributed by atoms with van der Waals surface area (Å²) in [6, 6.07) is 1.88. The van der Waals surface area contributed by atoms with Crippen LogP contribution in [0.4, 0.5) is 5.82 Å². The van der Waals surface area contributed by atoms with Crippen LogP contribution >= 0.6 is 11.6 Å². The second-order valence-electron chi connectivity index (χ2n) is 3.82. The number of aromatic nitrogens is 1. The number of rotatable bonds is 3. The minimum absolute atomic E-state index is 0.0856. The van der Waals surface area contributed by atoms with Gasteiger partial charge in [0.25, 0.3) is 0 Å². The molecule has 1 aromatic rings. The number of hydrogen-bond acceptors (Lipinski definition) is 3. The third-order valence-electron chi connectivity index (χ3n) is 2.53. The first-order valence-electron chi connectivity index (χ1n) is 4.73. The molecule has 1 aromatic heterocycles. The number of carboxylic acid groups (broad SMARTS) is 1. The molecule has 2 rings (SSSR count). The highest BCUT2D eigenvalue weighted by Gasteiger charge is 2.32. The summed E-state index contributed by atoms with van der Waals surface area (Å²) in [5.74, 6) is 0.177. The van der Waals surface area contributed by atoms with E-state index in [4.69, 9.17) is 16.7 Å². The van der Waals surface area contributed by atoms with Crippen LogP contribution in [-0.4, -0.2) is 22.1 Å². The van der Waals surface area contributed by atoms with E-state index in [0.29, 0.717) is 17.8 Å². The summed E-state index contributed by atoms with van der Waals surface area (Å²) in [6.07, 6.45) is 2.47. The molecule has 2 N–H and O–H groups in total. The van der Waals surface area contributed by atoms with Crippen LogP contribution in [0.1, 0.15) is 23.7 Å². The molecule has 1 heterocycles. The fourth-order valence-corrected chi connectivity index (χ4v) is 1.58. The smallest absolute Gasteiger partial charge is 0.337 e. The molecule has 80 valence electrons. The standard InChI is InChI=1S/C10H11ClN2O2/c1-5-2-8(5)13-9-3-6(10(14)15)7(11)4-12-9/h3-5,8H,2H2,1H3,(H,12,13)(H,14,15). The Morgan fingerprint density at radius 1 is 1.73 bits per heavy atom. The molecule has 4 nitrogen and oxygen atoms in total. The molecule has 1 aliphatic rings. The van der Waals surface area contributed by atoms with E-state index in [0.717, 1.165) is 6.42 Å². The van der Waals surface area contributed by atoms with Crippen molar-refractivity contribution in [3.05, 3.63) is 22.8 Å². The monoisotopic (exact) mass is 226 g/mol. The molecule has 15 heavy (non-hydrogen) atoms. The van der Waals surface area contributed by atoms with E-state index < -0.39 is 5.97 Å². The zero-order valence-corrected chi connectivity index (χ0v) is 8.95. The highest BCUT2D eigenvalue weighted by atomic mass is 35.5. The SMILES string of the molecule is CC1CC1Nc1cc(C(=O)O)c(Cl)cn1. The number of anilines is 1. The van der Waals surface area contributed by atoms with Crippen LogP contribution in [0, 0.1) is 5.92 Å². The van der Waals surface area contributed by atoms with Gasteiger partial charge in [0.2, 0.25) is 0 Å². The first-order chi connectivity index (χ1) is 7.08. The molecule has 0 aromatic carbocycles. The van der Waals surface area contributed by atoms with Gasteiger partial charge in [-0.2, -0.15) is 0 Å². The van der Waals surface area contributed by atoms with Crippen molar-refractivity contribution in [1.29, 1.82) is 0 Å². The predicted octanol–water partition coefficient (Wildman–Crippen LogP) is 2.25. The maximum absolute atomic E-state index is 10.8. The Bertz CT molecular complexity index is 408. The van der Waals surface area contributed by atoms with Crippen LogP contribution in [0.3, 0.4) is 0 Å². The van der Waals surface area contributed by atoms with Gasteiger partial charge in [-0.15, -0.1) is 0 Å². The van der Waals surface area contributed by atoms with E-state index in [2.05, 4.69) is 17.2 Å². The highest BCUT2D eigenvalue weighted by molar-refractivity contribution is 6.33. The third-order valence-corrected chi connectivity index (χ3v) is 2.83. The summed E-state index contributed by atoms with van der Waals surface area (Å²) in [4.78, 5) is 14.8. The van der Waals surface area contributed by atoms with Crippen molar-refractivity contribution < 1.29 is 9.90 Å². The largest absolute Gasteiger partial charge is 0.478 e. The molecule has 1 fully saturated rings. The second kappa shape index (κ2) is 3.70. The molecule has 0 saturated heterocycles. The normalized spacial score (nSPS) is 23.6.